The van der Waals surface area contributed by atoms with Crippen molar-refractivity contribution >= 4 is 23.0 Å². The summed E-state index contributed by atoms with van der Waals surface area (Å²) in [5.74, 6) is -1.33. The van der Waals surface area contributed by atoms with Gasteiger partial charge in [0.05, 0.1) is 11.6 Å². The van der Waals surface area contributed by atoms with Crippen LogP contribution >= 0.6 is 11.3 Å². The molecule has 2 rings (SSSR count). The van der Waals surface area contributed by atoms with Crippen LogP contribution in [0.5, 0.6) is 0 Å². The summed E-state index contributed by atoms with van der Waals surface area (Å²) >= 11 is 1.47. The zero-order valence-corrected chi connectivity index (χ0v) is 11.7. The van der Waals surface area contributed by atoms with E-state index in [-0.39, 0.29) is 0 Å². The van der Waals surface area contributed by atoms with Crippen molar-refractivity contribution in [1.82, 2.24) is 4.57 Å². The Morgan fingerprint density at radius 1 is 1.42 bits per heavy atom. The van der Waals surface area contributed by atoms with E-state index >= 15 is 0 Å². The van der Waals surface area contributed by atoms with Crippen molar-refractivity contribution in [2.24, 2.45) is 4.99 Å². The predicted molar refractivity (Wildman–Crippen MR) is 75.7 cm³/mol. The van der Waals surface area contributed by atoms with E-state index in [0.717, 1.165) is 16.2 Å². The number of thiazole rings is 1. The number of hydrogen-bond donors (Lipinski definition) is 1. The summed E-state index contributed by atoms with van der Waals surface area (Å²) in [6.07, 6.45) is 0. The number of carbonyl (C=O) groups is 1. The molecule has 0 amide bonds. The Morgan fingerprint density at radius 3 is 2.68 bits per heavy atom. The molecule has 0 saturated heterocycles. The van der Waals surface area contributed by atoms with E-state index in [0.29, 0.717) is 6.54 Å². The smallest absolute Gasteiger partial charge is 0.312 e. The van der Waals surface area contributed by atoms with Gasteiger partial charge >= 0.3 is 5.97 Å². The first-order valence-corrected chi connectivity index (χ1v) is 7.02. The maximum Gasteiger partial charge on any atom is 0.312 e. The Bertz CT molecular complexity index is 628. The number of carboxylic acids is 1. The van der Waals surface area contributed by atoms with Crippen LogP contribution < -0.4 is 4.80 Å². The van der Waals surface area contributed by atoms with E-state index in [1.807, 2.05) is 47.2 Å². The first-order valence-electron chi connectivity index (χ1n) is 6.14. The Labute approximate surface area is 115 Å². The molecule has 100 valence electrons. The van der Waals surface area contributed by atoms with Crippen LogP contribution in [0.1, 0.15) is 25.5 Å². The standard InChI is InChI=1S/C14H16N2O2S/c1-3-16-12(10(2)13(17)18)9-19-14(16)15-11-7-5-4-6-8-11/h4-10H,3H2,1-2H3,(H,17,18). The lowest BCUT2D eigenvalue weighted by Gasteiger charge is -2.09. The molecule has 1 atom stereocenters. The topological polar surface area (TPSA) is 54.6 Å². The summed E-state index contributed by atoms with van der Waals surface area (Å²) in [6, 6.07) is 9.67. The van der Waals surface area contributed by atoms with E-state index in [4.69, 9.17) is 5.11 Å². The fourth-order valence-electron chi connectivity index (χ4n) is 1.83. The van der Waals surface area contributed by atoms with E-state index < -0.39 is 11.9 Å². The van der Waals surface area contributed by atoms with Gasteiger partial charge in [-0.1, -0.05) is 18.2 Å². The molecule has 1 aromatic carbocycles. The molecular weight excluding hydrogens is 260 g/mol. The maximum absolute atomic E-state index is 11.1. The highest BCUT2D eigenvalue weighted by Gasteiger charge is 2.18. The normalized spacial score (nSPS) is 13.5. The average molecular weight is 276 g/mol. The second-order valence-corrected chi connectivity index (χ2v) is 5.03. The van der Waals surface area contributed by atoms with Crippen LogP contribution in [0.3, 0.4) is 0 Å². The van der Waals surface area contributed by atoms with Gasteiger partial charge in [-0.15, -0.1) is 11.3 Å². The van der Waals surface area contributed by atoms with Crippen molar-refractivity contribution in [2.75, 3.05) is 0 Å². The monoisotopic (exact) mass is 276 g/mol. The van der Waals surface area contributed by atoms with Crippen LogP contribution in [0, 0.1) is 0 Å². The Hall–Kier alpha value is -1.88. The van der Waals surface area contributed by atoms with Crippen molar-refractivity contribution in [2.45, 2.75) is 26.3 Å². The molecule has 0 bridgehead atoms. The van der Waals surface area contributed by atoms with Crippen molar-refractivity contribution < 1.29 is 9.90 Å². The Kier molecular flexibility index (Phi) is 4.16. The first-order chi connectivity index (χ1) is 9.13. The second-order valence-electron chi connectivity index (χ2n) is 4.19. The van der Waals surface area contributed by atoms with Gasteiger partial charge in [-0.05, 0) is 26.0 Å². The maximum atomic E-state index is 11.1. The average Bonchev–Trinajstić information content (AvgIpc) is 2.81. The third-order valence-electron chi connectivity index (χ3n) is 2.94. The van der Waals surface area contributed by atoms with Gasteiger partial charge in [0.25, 0.3) is 0 Å². The number of rotatable bonds is 4. The van der Waals surface area contributed by atoms with Crippen LogP contribution in [0.25, 0.3) is 0 Å². The largest absolute Gasteiger partial charge is 0.481 e. The highest BCUT2D eigenvalue weighted by Crippen LogP contribution is 2.17. The van der Waals surface area contributed by atoms with Crippen LogP contribution in [0.15, 0.2) is 40.7 Å². The molecule has 0 aliphatic carbocycles. The van der Waals surface area contributed by atoms with E-state index in [1.165, 1.54) is 11.3 Å². The van der Waals surface area contributed by atoms with Gasteiger partial charge in [0.15, 0.2) is 4.80 Å². The molecule has 0 aliphatic heterocycles. The van der Waals surface area contributed by atoms with E-state index in [1.54, 1.807) is 6.92 Å². The van der Waals surface area contributed by atoms with E-state index in [2.05, 4.69) is 4.99 Å². The first kappa shape index (κ1) is 13.5. The molecule has 1 heterocycles. The predicted octanol–water partition coefficient (Wildman–Crippen LogP) is 2.99. The number of nitrogens with zero attached hydrogens (tertiary/aromatic N) is 2. The molecular formula is C14H16N2O2S. The minimum atomic E-state index is -0.814. The summed E-state index contributed by atoms with van der Waals surface area (Å²) in [7, 11) is 0. The molecule has 0 radical (unpaired) electrons. The van der Waals surface area contributed by atoms with Crippen LogP contribution in [-0.2, 0) is 11.3 Å². The fraction of sp³-hybridized carbons (Fsp3) is 0.286. The molecule has 0 aliphatic rings. The van der Waals surface area contributed by atoms with Crippen molar-refractivity contribution in [1.29, 1.82) is 0 Å². The quantitative estimate of drug-likeness (QED) is 0.933. The van der Waals surface area contributed by atoms with Crippen LogP contribution in [-0.4, -0.2) is 15.6 Å². The second kappa shape index (κ2) is 5.84. The highest BCUT2D eigenvalue weighted by molar-refractivity contribution is 7.07. The summed E-state index contributed by atoms with van der Waals surface area (Å²) in [5.41, 5.74) is 1.68. The third kappa shape index (κ3) is 2.93. The molecule has 19 heavy (non-hydrogen) atoms. The molecule has 1 aromatic heterocycles. The van der Waals surface area contributed by atoms with Crippen molar-refractivity contribution in [3.63, 3.8) is 0 Å². The molecule has 1 unspecified atom stereocenters. The van der Waals surface area contributed by atoms with Gasteiger partial charge in [-0.25, -0.2) is 4.99 Å². The number of hydrogen-bond acceptors (Lipinski definition) is 3. The SMILES string of the molecule is CCn1c(C(C)C(=O)O)csc1=Nc1ccccc1. The summed E-state index contributed by atoms with van der Waals surface area (Å²) < 4.78 is 1.95. The summed E-state index contributed by atoms with van der Waals surface area (Å²) in [6.45, 7) is 4.40. The molecule has 2 aromatic rings. The zero-order chi connectivity index (χ0) is 13.8. The lowest BCUT2D eigenvalue weighted by molar-refractivity contribution is -0.138. The Morgan fingerprint density at radius 2 is 2.11 bits per heavy atom. The van der Waals surface area contributed by atoms with Gasteiger partial charge in [-0.2, -0.15) is 0 Å². The van der Waals surface area contributed by atoms with E-state index in [9.17, 15) is 4.79 Å². The number of benzene rings is 1. The van der Waals surface area contributed by atoms with Crippen molar-refractivity contribution in [3.8, 4) is 0 Å². The molecule has 1 N–H and O–H groups in total. The molecule has 0 saturated carbocycles. The molecule has 5 heteroatoms. The Balaban J connectivity index is 2.49. The molecule has 4 nitrogen and oxygen atoms in total. The minimum Gasteiger partial charge on any atom is -0.481 e. The van der Waals surface area contributed by atoms with Gasteiger partial charge in [0, 0.05) is 17.6 Å². The van der Waals surface area contributed by atoms with Crippen molar-refractivity contribution in [3.05, 3.63) is 46.2 Å². The highest BCUT2D eigenvalue weighted by atomic mass is 32.1. The van der Waals surface area contributed by atoms with Crippen LogP contribution in [0.4, 0.5) is 5.69 Å². The number of aliphatic carboxylic acids is 1. The van der Waals surface area contributed by atoms with Gasteiger partial charge in [0.2, 0.25) is 0 Å². The summed E-state index contributed by atoms with van der Waals surface area (Å²) in [5, 5.41) is 11.0. The number of carboxylic acid groups (broad SMARTS) is 1. The van der Waals surface area contributed by atoms with Crippen LogP contribution in [0.2, 0.25) is 0 Å². The summed E-state index contributed by atoms with van der Waals surface area (Å²) in [4.78, 5) is 16.5. The molecule has 0 fully saturated rings. The minimum absolute atomic E-state index is 0.518. The van der Waals surface area contributed by atoms with Gasteiger partial charge < -0.3 is 9.67 Å². The fourth-order valence-corrected chi connectivity index (χ4v) is 2.91. The third-order valence-corrected chi connectivity index (χ3v) is 3.82. The number of aromatic nitrogens is 1. The van der Waals surface area contributed by atoms with Gasteiger partial charge in [-0.3, -0.25) is 4.79 Å². The lowest BCUT2D eigenvalue weighted by Crippen LogP contribution is -2.20. The van der Waals surface area contributed by atoms with Gasteiger partial charge in [0.1, 0.15) is 0 Å². The number of para-hydroxylation sites is 1. The molecule has 0 spiro atoms. The zero-order valence-electron chi connectivity index (χ0n) is 10.9. The lowest BCUT2D eigenvalue weighted by atomic mass is 10.1.